The summed E-state index contributed by atoms with van der Waals surface area (Å²) in [6.45, 7) is 1.78. The molecule has 0 spiro atoms. The molecular formula is C15H18N4O3S. The van der Waals surface area contributed by atoms with Crippen molar-refractivity contribution in [1.29, 1.82) is 0 Å². The van der Waals surface area contributed by atoms with Gasteiger partial charge < -0.3 is 10.2 Å². The fourth-order valence-corrected chi connectivity index (χ4v) is 2.93. The molecule has 2 rings (SSSR count). The van der Waals surface area contributed by atoms with Gasteiger partial charge in [-0.3, -0.25) is 4.79 Å². The average molecular weight is 334 g/mol. The second-order valence-corrected chi connectivity index (χ2v) is 7.06. The van der Waals surface area contributed by atoms with Crippen molar-refractivity contribution in [3.8, 4) is 0 Å². The molecule has 7 nitrogen and oxygen atoms in total. The van der Waals surface area contributed by atoms with E-state index in [0.29, 0.717) is 12.4 Å². The number of anilines is 1. The summed E-state index contributed by atoms with van der Waals surface area (Å²) in [6, 6.07) is 6.30. The maximum absolute atomic E-state index is 12.5. The van der Waals surface area contributed by atoms with Gasteiger partial charge in [-0.25, -0.2) is 18.4 Å². The molecule has 1 aromatic heterocycles. The summed E-state index contributed by atoms with van der Waals surface area (Å²) in [4.78, 5) is 20.8. The Morgan fingerprint density at radius 2 is 1.78 bits per heavy atom. The normalized spacial score (nSPS) is 11.1. The van der Waals surface area contributed by atoms with Gasteiger partial charge in [0, 0.05) is 27.6 Å². The quantitative estimate of drug-likeness (QED) is 0.877. The molecule has 1 heterocycles. The van der Waals surface area contributed by atoms with Crippen molar-refractivity contribution in [1.82, 2.24) is 15.3 Å². The fourth-order valence-electron chi connectivity index (χ4n) is 1.81. The molecule has 8 heteroatoms. The number of sulfone groups is 1. The lowest BCUT2D eigenvalue weighted by atomic mass is 10.2. The molecule has 0 saturated carbocycles. The highest BCUT2D eigenvalue weighted by Crippen LogP contribution is 2.19. The number of hydrogen-bond donors (Lipinski definition) is 1. The molecule has 122 valence electrons. The predicted molar refractivity (Wildman–Crippen MR) is 85.8 cm³/mol. The summed E-state index contributed by atoms with van der Waals surface area (Å²) in [5.74, 6) is 0.438. The van der Waals surface area contributed by atoms with E-state index < -0.39 is 9.84 Å². The summed E-state index contributed by atoms with van der Waals surface area (Å²) < 4.78 is 25.0. The number of benzene rings is 1. The number of carbonyl (C=O) groups is 1. The van der Waals surface area contributed by atoms with E-state index in [1.165, 1.54) is 31.5 Å². The SMILES string of the molecule is CC(=O)NCc1ccc(S(=O)(=O)c2cnc(N(C)C)cn2)cc1. The van der Waals surface area contributed by atoms with E-state index >= 15 is 0 Å². The van der Waals surface area contributed by atoms with Crippen LogP contribution in [-0.2, 0) is 21.2 Å². The van der Waals surface area contributed by atoms with E-state index in [2.05, 4.69) is 15.3 Å². The first kappa shape index (κ1) is 16.9. The van der Waals surface area contributed by atoms with Crippen LogP contribution < -0.4 is 10.2 Å². The van der Waals surface area contributed by atoms with Gasteiger partial charge >= 0.3 is 0 Å². The topological polar surface area (TPSA) is 92.3 Å². The third kappa shape index (κ3) is 4.04. The molecule has 0 fully saturated rings. The number of rotatable bonds is 5. The molecule has 0 aliphatic heterocycles. The molecule has 0 aliphatic carbocycles. The highest BCUT2D eigenvalue weighted by atomic mass is 32.2. The predicted octanol–water partition coefficient (Wildman–Crippen LogP) is 1.01. The van der Waals surface area contributed by atoms with Gasteiger partial charge in [-0.05, 0) is 17.7 Å². The smallest absolute Gasteiger partial charge is 0.225 e. The first-order valence-electron chi connectivity index (χ1n) is 6.88. The summed E-state index contributed by atoms with van der Waals surface area (Å²) in [5.41, 5.74) is 0.813. The van der Waals surface area contributed by atoms with Crippen LogP contribution in [0.1, 0.15) is 12.5 Å². The number of nitrogens with zero attached hydrogens (tertiary/aromatic N) is 3. The van der Waals surface area contributed by atoms with E-state index in [1.807, 2.05) is 0 Å². The minimum absolute atomic E-state index is 0.0993. The highest BCUT2D eigenvalue weighted by Gasteiger charge is 2.19. The van der Waals surface area contributed by atoms with Crippen molar-refractivity contribution in [3.63, 3.8) is 0 Å². The lowest BCUT2D eigenvalue weighted by molar-refractivity contribution is -0.119. The molecule has 1 aromatic carbocycles. The van der Waals surface area contributed by atoms with Gasteiger partial charge in [0.25, 0.3) is 0 Å². The maximum atomic E-state index is 12.5. The van der Waals surface area contributed by atoms with Crippen LogP contribution in [0.15, 0.2) is 46.6 Å². The molecule has 0 aliphatic rings. The third-order valence-electron chi connectivity index (χ3n) is 3.12. The second-order valence-electron chi connectivity index (χ2n) is 5.16. The summed E-state index contributed by atoms with van der Waals surface area (Å²) in [6.07, 6.45) is 2.66. The van der Waals surface area contributed by atoms with E-state index in [9.17, 15) is 13.2 Å². The molecule has 0 bridgehead atoms. The molecular weight excluding hydrogens is 316 g/mol. The zero-order chi connectivity index (χ0) is 17.0. The molecule has 0 radical (unpaired) electrons. The van der Waals surface area contributed by atoms with Crippen LogP contribution in [0.2, 0.25) is 0 Å². The van der Waals surface area contributed by atoms with Gasteiger partial charge in [0.15, 0.2) is 5.03 Å². The van der Waals surface area contributed by atoms with Crippen LogP contribution >= 0.6 is 0 Å². The van der Waals surface area contributed by atoms with Gasteiger partial charge in [-0.15, -0.1) is 0 Å². The van der Waals surface area contributed by atoms with Crippen LogP contribution in [0.3, 0.4) is 0 Å². The Balaban J connectivity index is 2.23. The van der Waals surface area contributed by atoms with Gasteiger partial charge in [0.2, 0.25) is 15.7 Å². The highest BCUT2D eigenvalue weighted by molar-refractivity contribution is 7.91. The summed E-state index contributed by atoms with van der Waals surface area (Å²) in [5, 5.41) is 2.55. The fraction of sp³-hybridized carbons (Fsp3) is 0.267. The number of carbonyl (C=O) groups excluding carboxylic acids is 1. The Morgan fingerprint density at radius 3 is 2.26 bits per heavy atom. The van der Waals surface area contributed by atoms with Crippen LogP contribution in [0.4, 0.5) is 5.82 Å². The van der Waals surface area contributed by atoms with Crippen molar-refractivity contribution in [2.24, 2.45) is 0 Å². The van der Waals surface area contributed by atoms with Crippen molar-refractivity contribution < 1.29 is 13.2 Å². The largest absolute Gasteiger partial charge is 0.361 e. The van der Waals surface area contributed by atoms with E-state index in [-0.39, 0.29) is 15.8 Å². The zero-order valence-electron chi connectivity index (χ0n) is 13.1. The molecule has 0 atom stereocenters. The lowest BCUT2D eigenvalue weighted by Crippen LogP contribution is -2.18. The summed E-state index contributed by atoms with van der Waals surface area (Å²) in [7, 11) is -0.114. The first-order valence-corrected chi connectivity index (χ1v) is 8.37. The Labute approximate surface area is 135 Å². The van der Waals surface area contributed by atoms with Crippen LogP contribution in [-0.4, -0.2) is 38.4 Å². The maximum Gasteiger partial charge on any atom is 0.225 e. The molecule has 23 heavy (non-hydrogen) atoms. The van der Waals surface area contributed by atoms with Gasteiger partial charge in [0.1, 0.15) is 5.82 Å². The number of aromatic nitrogens is 2. The van der Waals surface area contributed by atoms with Crippen LogP contribution in [0.5, 0.6) is 0 Å². The van der Waals surface area contributed by atoms with Gasteiger partial charge in [0.05, 0.1) is 17.3 Å². The van der Waals surface area contributed by atoms with Crippen molar-refractivity contribution in [3.05, 3.63) is 42.2 Å². The lowest BCUT2D eigenvalue weighted by Gasteiger charge is -2.11. The third-order valence-corrected chi connectivity index (χ3v) is 4.78. The molecule has 0 unspecified atom stereocenters. The Hall–Kier alpha value is -2.48. The van der Waals surface area contributed by atoms with E-state index in [1.54, 1.807) is 31.1 Å². The zero-order valence-corrected chi connectivity index (χ0v) is 14.0. The molecule has 1 N–H and O–H groups in total. The van der Waals surface area contributed by atoms with Crippen molar-refractivity contribution in [2.45, 2.75) is 23.4 Å². The Morgan fingerprint density at radius 1 is 1.13 bits per heavy atom. The first-order chi connectivity index (χ1) is 10.8. The number of amides is 1. The Kier molecular flexibility index (Phi) is 4.95. The van der Waals surface area contributed by atoms with E-state index in [4.69, 9.17) is 0 Å². The summed E-state index contributed by atoms with van der Waals surface area (Å²) >= 11 is 0. The molecule has 2 aromatic rings. The van der Waals surface area contributed by atoms with Crippen molar-refractivity contribution >= 4 is 21.6 Å². The standard InChI is InChI=1S/C15H18N4O3S/c1-11(20)16-8-12-4-6-13(7-5-12)23(21,22)15-10-17-14(9-18-15)19(2)3/h4-7,9-10H,8H2,1-3H3,(H,16,20). The minimum atomic E-state index is -3.71. The molecule has 0 saturated heterocycles. The minimum Gasteiger partial charge on any atom is -0.361 e. The van der Waals surface area contributed by atoms with Crippen molar-refractivity contribution in [2.75, 3.05) is 19.0 Å². The average Bonchev–Trinajstić information content (AvgIpc) is 2.53. The van der Waals surface area contributed by atoms with E-state index in [0.717, 1.165) is 5.56 Å². The number of hydrogen-bond acceptors (Lipinski definition) is 6. The Bertz CT molecular complexity index is 784. The second kappa shape index (κ2) is 6.74. The van der Waals surface area contributed by atoms with Crippen LogP contribution in [0, 0.1) is 0 Å². The monoisotopic (exact) mass is 334 g/mol. The molecule has 1 amide bonds. The van der Waals surface area contributed by atoms with Gasteiger partial charge in [-0.2, -0.15) is 0 Å². The number of nitrogens with one attached hydrogen (secondary N) is 1. The van der Waals surface area contributed by atoms with Crippen LogP contribution in [0.25, 0.3) is 0 Å². The van der Waals surface area contributed by atoms with Gasteiger partial charge in [-0.1, -0.05) is 12.1 Å².